The molecule has 112 valence electrons. The lowest BCUT2D eigenvalue weighted by Crippen LogP contribution is -2.38. The number of nitrogens with one attached hydrogen (secondary N) is 1. The Labute approximate surface area is 116 Å². The van der Waals surface area contributed by atoms with Crippen LogP contribution in [-0.4, -0.2) is 36.7 Å². The van der Waals surface area contributed by atoms with Crippen LogP contribution in [0.2, 0.25) is 0 Å². The van der Waals surface area contributed by atoms with E-state index >= 15 is 0 Å². The summed E-state index contributed by atoms with van der Waals surface area (Å²) >= 11 is 0. The van der Waals surface area contributed by atoms with E-state index in [1.807, 2.05) is 32.9 Å². The first-order valence-corrected chi connectivity index (χ1v) is 6.24. The van der Waals surface area contributed by atoms with E-state index in [0.29, 0.717) is 5.75 Å². The highest BCUT2D eigenvalue weighted by Gasteiger charge is 2.17. The Morgan fingerprint density at radius 2 is 1.85 bits per heavy atom. The van der Waals surface area contributed by atoms with Gasteiger partial charge in [-0.05, 0) is 31.9 Å². The van der Waals surface area contributed by atoms with Gasteiger partial charge in [-0.1, -0.05) is 17.7 Å². The van der Waals surface area contributed by atoms with E-state index in [9.17, 15) is 13.6 Å². The number of aryl methyl sites for hydroxylation is 3. The molecule has 0 aliphatic carbocycles. The third kappa shape index (κ3) is 4.77. The highest BCUT2D eigenvalue weighted by atomic mass is 19.3. The number of ether oxygens (including phenoxy) is 1. The van der Waals surface area contributed by atoms with Crippen molar-refractivity contribution in [1.82, 2.24) is 5.32 Å². The Hall–Kier alpha value is -1.69. The van der Waals surface area contributed by atoms with Crippen molar-refractivity contribution in [3.05, 3.63) is 28.8 Å². The van der Waals surface area contributed by atoms with Crippen molar-refractivity contribution in [2.24, 2.45) is 0 Å². The first kappa shape index (κ1) is 16.4. The fourth-order valence-corrected chi connectivity index (χ4v) is 1.89. The first-order chi connectivity index (χ1) is 9.31. The van der Waals surface area contributed by atoms with Crippen LogP contribution >= 0.6 is 0 Å². The topological polar surface area (TPSA) is 58.6 Å². The average Bonchev–Trinajstić information content (AvgIpc) is 2.34. The van der Waals surface area contributed by atoms with Crippen molar-refractivity contribution in [3.8, 4) is 5.75 Å². The van der Waals surface area contributed by atoms with Crippen molar-refractivity contribution in [1.29, 1.82) is 0 Å². The number of benzene rings is 1. The fourth-order valence-electron chi connectivity index (χ4n) is 1.89. The van der Waals surface area contributed by atoms with Gasteiger partial charge in [-0.25, -0.2) is 8.78 Å². The van der Waals surface area contributed by atoms with Crippen molar-refractivity contribution < 1.29 is 23.4 Å². The number of carbonyl (C=O) groups excluding carboxylic acids is 1. The Kier molecular flexibility index (Phi) is 5.88. The smallest absolute Gasteiger partial charge is 0.265 e. The highest BCUT2D eigenvalue weighted by molar-refractivity contribution is 5.77. The molecule has 6 heteroatoms. The van der Waals surface area contributed by atoms with Gasteiger partial charge in [0.15, 0.2) is 6.61 Å². The Bertz CT molecular complexity index is 454. The summed E-state index contributed by atoms with van der Waals surface area (Å²) in [6, 6.07) is 3.86. The largest absolute Gasteiger partial charge is 0.483 e. The number of aliphatic hydroxyl groups excluding tert-OH is 1. The van der Waals surface area contributed by atoms with Crippen LogP contribution in [0.25, 0.3) is 0 Å². The third-order valence-corrected chi connectivity index (χ3v) is 2.75. The molecule has 0 heterocycles. The third-order valence-electron chi connectivity index (χ3n) is 2.75. The van der Waals surface area contributed by atoms with Crippen LogP contribution in [0, 0.1) is 20.8 Å². The van der Waals surface area contributed by atoms with Crippen LogP contribution in [0.15, 0.2) is 12.1 Å². The van der Waals surface area contributed by atoms with Gasteiger partial charge >= 0.3 is 0 Å². The minimum Gasteiger partial charge on any atom is -0.483 e. The molecular formula is C14H19F2NO3. The first-order valence-electron chi connectivity index (χ1n) is 6.24. The van der Waals surface area contributed by atoms with Gasteiger partial charge in [-0.2, -0.15) is 0 Å². The zero-order valence-electron chi connectivity index (χ0n) is 11.7. The number of hydrogen-bond acceptors (Lipinski definition) is 3. The summed E-state index contributed by atoms with van der Waals surface area (Å²) < 4.78 is 29.5. The van der Waals surface area contributed by atoms with Crippen molar-refractivity contribution in [2.75, 3.05) is 13.2 Å². The average molecular weight is 287 g/mol. The van der Waals surface area contributed by atoms with E-state index < -0.39 is 25.0 Å². The molecule has 0 aliphatic heterocycles. The van der Waals surface area contributed by atoms with E-state index in [2.05, 4.69) is 5.32 Å². The molecule has 1 rings (SSSR count). The van der Waals surface area contributed by atoms with Gasteiger partial charge in [0.05, 0.1) is 0 Å². The fraction of sp³-hybridized carbons (Fsp3) is 0.500. The molecule has 1 atom stereocenters. The molecule has 4 nitrogen and oxygen atoms in total. The predicted molar refractivity (Wildman–Crippen MR) is 71.2 cm³/mol. The van der Waals surface area contributed by atoms with Crippen LogP contribution in [-0.2, 0) is 4.79 Å². The van der Waals surface area contributed by atoms with E-state index in [0.717, 1.165) is 16.7 Å². The summed E-state index contributed by atoms with van der Waals surface area (Å²) in [7, 11) is 0. The molecule has 1 aromatic rings. The molecular weight excluding hydrogens is 268 g/mol. The zero-order chi connectivity index (χ0) is 15.3. The van der Waals surface area contributed by atoms with E-state index in [4.69, 9.17) is 9.84 Å². The monoisotopic (exact) mass is 287 g/mol. The van der Waals surface area contributed by atoms with Crippen LogP contribution in [0.5, 0.6) is 5.75 Å². The molecule has 0 saturated carbocycles. The standard InChI is InChI=1S/C14H19F2NO3/c1-8-4-9(2)13(10(3)5-8)20-7-12(19)17-6-11(18)14(15)16/h4-5,11,14,18H,6-7H2,1-3H3,(H,17,19). The van der Waals surface area contributed by atoms with Gasteiger partial charge in [-0.15, -0.1) is 0 Å². The summed E-state index contributed by atoms with van der Waals surface area (Å²) in [6.07, 6.45) is -4.74. The Morgan fingerprint density at radius 1 is 1.30 bits per heavy atom. The second kappa shape index (κ2) is 7.19. The molecule has 0 spiro atoms. The molecule has 2 N–H and O–H groups in total. The van der Waals surface area contributed by atoms with Crippen molar-refractivity contribution in [3.63, 3.8) is 0 Å². The maximum absolute atomic E-state index is 12.0. The van der Waals surface area contributed by atoms with E-state index in [-0.39, 0.29) is 6.61 Å². The number of carbonyl (C=O) groups is 1. The molecule has 0 aliphatic rings. The molecule has 0 aromatic heterocycles. The summed E-state index contributed by atoms with van der Waals surface area (Å²) in [6.45, 7) is 4.93. The van der Waals surface area contributed by atoms with Gasteiger partial charge in [0.25, 0.3) is 12.3 Å². The lowest BCUT2D eigenvalue weighted by atomic mass is 10.1. The van der Waals surface area contributed by atoms with Crippen LogP contribution in [0.1, 0.15) is 16.7 Å². The minimum atomic E-state index is -2.88. The summed E-state index contributed by atoms with van der Waals surface area (Å²) in [5.41, 5.74) is 2.91. The summed E-state index contributed by atoms with van der Waals surface area (Å²) in [5, 5.41) is 11.1. The number of hydrogen-bond donors (Lipinski definition) is 2. The molecule has 0 fully saturated rings. The zero-order valence-corrected chi connectivity index (χ0v) is 11.7. The SMILES string of the molecule is Cc1cc(C)c(OCC(=O)NCC(O)C(F)F)c(C)c1. The summed E-state index contributed by atoms with van der Waals surface area (Å²) in [4.78, 5) is 11.4. The quantitative estimate of drug-likeness (QED) is 0.838. The van der Waals surface area contributed by atoms with Crippen molar-refractivity contribution >= 4 is 5.91 Å². The lowest BCUT2D eigenvalue weighted by Gasteiger charge is -2.14. The van der Waals surface area contributed by atoms with Gasteiger partial charge < -0.3 is 15.2 Å². The molecule has 1 aromatic carbocycles. The maximum Gasteiger partial charge on any atom is 0.265 e. The number of amides is 1. The number of aliphatic hydroxyl groups is 1. The molecule has 0 saturated heterocycles. The Balaban J connectivity index is 2.50. The minimum absolute atomic E-state index is 0.277. The number of rotatable bonds is 6. The van der Waals surface area contributed by atoms with Crippen LogP contribution in [0.4, 0.5) is 8.78 Å². The predicted octanol–water partition coefficient (Wildman–Crippen LogP) is 1.73. The molecule has 1 unspecified atom stereocenters. The second-order valence-electron chi connectivity index (χ2n) is 4.72. The van der Waals surface area contributed by atoms with E-state index in [1.54, 1.807) is 0 Å². The molecule has 0 radical (unpaired) electrons. The second-order valence-corrected chi connectivity index (χ2v) is 4.72. The number of alkyl halides is 2. The van der Waals surface area contributed by atoms with Gasteiger partial charge in [-0.3, -0.25) is 4.79 Å². The molecule has 0 bridgehead atoms. The van der Waals surface area contributed by atoms with Crippen LogP contribution < -0.4 is 10.1 Å². The normalized spacial score (nSPS) is 12.3. The number of halogens is 2. The van der Waals surface area contributed by atoms with Gasteiger partial charge in [0, 0.05) is 6.54 Å². The maximum atomic E-state index is 12.0. The molecule has 20 heavy (non-hydrogen) atoms. The molecule has 1 amide bonds. The van der Waals surface area contributed by atoms with Crippen LogP contribution in [0.3, 0.4) is 0 Å². The van der Waals surface area contributed by atoms with E-state index in [1.165, 1.54) is 0 Å². The summed E-state index contributed by atoms with van der Waals surface area (Å²) in [5.74, 6) is 0.0595. The van der Waals surface area contributed by atoms with Gasteiger partial charge in [0.2, 0.25) is 0 Å². The van der Waals surface area contributed by atoms with Gasteiger partial charge in [0.1, 0.15) is 11.9 Å². The highest BCUT2D eigenvalue weighted by Crippen LogP contribution is 2.24. The Morgan fingerprint density at radius 3 is 2.35 bits per heavy atom. The van der Waals surface area contributed by atoms with Crippen molar-refractivity contribution in [2.45, 2.75) is 33.3 Å². The lowest BCUT2D eigenvalue weighted by molar-refractivity contribution is -0.124.